The van der Waals surface area contributed by atoms with Gasteiger partial charge in [0, 0.05) is 17.1 Å². The van der Waals surface area contributed by atoms with Gasteiger partial charge in [-0.2, -0.15) is 0 Å². The molecule has 13 heavy (non-hydrogen) atoms. The standard InChI is InChI=1S/C9H11BrFNO/c1-13-5-9(12)7-4-6(10)2-3-8(7)11/h2-4,9H,5,12H2,1H3/t9-/m1/s1. The van der Waals surface area contributed by atoms with Crippen LogP contribution in [0.25, 0.3) is 0 Å². The largest absolute Gasteiger partial charge is 0.383 e. The van der Waals surface area contributed by atoms with Crippen molar-refractivity contribution in [1.29, 1.82) is 0 Å². The van der Waals surface area contributed by atoms with Crippen molar-refractivity contribution in [3.63, 3.8) is 0 Å². The molecule has 1 aromatic rings. The molecule has 0 bridgehead atoms. The van der Waals surface area contributed by atoms with Gasteiger partial charge in [0.1, 0.15) is 5.82 Å². The van der Waals surface area contributed by atoms with E-state index in [1.54, 1.807) is 12.1 Å². The van der Waals surface area contributed by atoms with Crippen LogP contribution < -0.4 is 5.73 Å². The number of nitrogens with two attached hydrogens (primary N) is 1. The summed E-state index contributed by atoms with van der Waals surface area (Å²) in [7, 11) is 1.54. The first kappa shape index (κ1) is 10.6. The van der Waals surface area contributed by atoms with Crippen LogP contribution in [0.5, 0.6) is 0 Å². The topological polar surface area (TPSA) is 35.2 Å². The van der Waals surface area contributed by atoms with Gasteiger partial charge in [-0.25, -0.2) is 4.39 Å². The van der Waals surface area contributed by atoms with E-state index in [0.29, 0.717) is 12.2 Å². The second kappa shape index (κ2) is 4.69. The lowest BCUT2D eigenvalue weighted by atomic mass is 10.1. The van der Waals surface area contributed by atoms with Gasteiger partial charge in [-0.3, -0.25) is 0 Å². The van der Waals surface area contributed by atoms with Crippen molar-refractivity contribution in [1.82, 2.24) is 0 Å². The van der Waals surface area contributed by atoms with Gasteiger partial charge in [-0.05, 0) is 18.2 Å². The minimum atomic E-state index is -0.414. The maximum atomic E-state index is 13.2. The number of hydrogen-bond donors (Lipinski definition) is 1. The van der Waals surface area contributed by atoms with E-state index in [9.17, 15) is 4.39 Å². The number of methoxy groups -OCH3 is 1. The van der Waals surface area contributed by atoms with Crippen LogP contribution >= 0.6 is 15.9 Å². The Morgan fingerprint density at radius 3 is 2.92 bits per heavy atom. The van der Waals surface area contributed by atoms with Crippen LogP contribution in [-0.2, 0) is 4.74 Å². The minimum Gasteiger partial charge on any atom is -0.383 e. The molecule has 0 unspecified atom stereocenters. The third-order valence-electron chi connectivity index (χ3n) is 1.70. The molecule has 4 heteroatoms. The molecule has 0 aromatic heterocycles. The highest BCUT2D eigenvalue weighted by atomic mass is 79.9. The molecular formula is C9H11BrFNO. The van der Waals surface area contributed by atoms with E-state index in [0.717, 1.165) is 4.47 Å². The number of benzene rings is 1. The number of hydrogen-bond acceptors (Lipinski definition) is 2. The van der Waals surface area contributed by atoms with E-state index >= 15 is 0 Å². The molecule has 0 fully saturated rings. The molecule has 0 heterocycles. The van der Waals surface area contributed by atoms with Crippen LogP contribution in [0.2, 0.25) is 0 Å². The van der Waals surface area contributed by atoms with Gasteiger partial charge in [0.2, 0.25) is 0 Å². The van der Waals surface area contributed by atoms with Crippen LogP contribution in [-0.4, -0.2) is 13.7 Å². The number of halogens is 2. The Labute approximate surface area is 85.0 Å². The molecule has 1 aromatic carbocycles. The third kappa shape index (κ3) is 2.76. The van der Waals surface area contributed by atoms with Crippen molar-refractivity contribution in [2.45, 2.75) is 6.04 Å². The van der Waals surface area contributed by atoms with E-state index in [1.165, 1.54) is 13.2 Å². The minimum absolute atomic E-state index is 0.298. The van der Waals surface area contributed by atoms with Gasteiger partial charge in [-0.15, -0.1) is 0 Å². The molecule has 0 saturated carbocycles. The molecule has 1 rings (SSSR count). The van der Waals surface area contributed by atoms with Crippen LogP contribution in [0, 0.1) is 5.82 Å². The Balaban J connectivity index is 2.91. The Bertz CT molecular complexity index is 293. The van der Waals surface area contributed by atoms with Crippen molar-refractivity contribution >= 4 is 15.9 Å². The summed E-state index contributed by atoms with van der Waals surface area (Å²) >= 11 is 3.25. The van der Waals surface area contributed by atoms with Gasteiger partial charge >= 0.3 is 0 Å². The smallest absolute Gasteiger partial charge is 0.128 e. The van der Waals surface area contributed by atoms with Crippen LogP contribution in [0.3, 0.4) is 0 Å². The molecule has 1 atom stereocenters. The van der Waals surface area contributed by atoms with Crippen molar-refractivity contribution in [3.05, 3.63) is 34.1 Å². The first-order valence-electron chi connectivity index (χ1n) is 3.84. The van der Waals surface area contributed by atoms with E-state index < -0.39 is 6.04 Å². The molecule has 72 valence electrons. The fourth-order valence-corrected chi connectivity index (χ4v) is 1.45. The molecule has 0 radical (unpaired) electrons. The highest BCUT2D eigenvalue weighted by molar-refractivity contribution is 9.10. The Kier molecular flexibility index (Phi) is 3.84. The molecule has 0 aliphatic rings. The van der Waals surface area contributed by atoms with Crippen molar-refractivity contribution < 1.29 is 9.13 Å². The molecule has 0 aliphatic heterocycles. The Morgan fingerprint density at radius 2 is 2.31 bits per heavy atom. The van der Waals surface area contributed by atoms with E-state index in [4.69, 9.17) is 10.5 Å². The van der Waals surface area contributed by atoms with Gasteiger partial charge in [-0.1, -0.05) is 15.9 Å². The zero-order chi connectivity index (χ0) is 9.84. The highest BCUT2D eigenvalue weighted by Gasteiger charge is 2.10. The molecule has 2 nitrogen and oxygen atoms in total. The molecular weight excluding hydrogens is 237 g/mol. The fourth-order valence-electron chi connectivity index (χ4n) is 1.07. The maximum Gasteiger partial charge on any atom is 0.128 e. The molecule has 0 amide bonds. The van der Waals surface area contributed by atoms with Gasteiger partial charge < -0.3 is 10.5 Å². The summed E-state index contributed by atoms with van der Waals surface area (Å²) in [6.07, 6.45) is 0. The summed E-state index contributed by atoms with van der Waals surface area (Å²) < 4.78 is 18.8. The fraction of sp³-hybridized carbons (Fsp3) is 0.333. The molecule has 0 spiro atoms. The highest BCUT2D eigenvalue weighted by Crippen LogP contribution is 2.20. The van der Waals surface area contributed by atoms with Gasteiger partial charge in [0.05, 0.1) is 12.6 Å². The second-order valence-electron chi connectivity index (χ2n) is 2.73. The average molecular weight is 248 g/mol. The Morgan fingerprint density at radius 1 is 1.62 bits per heavy atom. The molecule has 2 N–H and O–H groups in total. The predicted octanol–water partition coefficient (Wildman–Crippen LogP) is 2.23. The summed E-state index contributed by atoms with van der Waals surface area (Å²) in [5.41, 5.74) is 6.16. The summed E-state index contributed by atoms with van der Waals surface area (Å²) in [6, 6.07) is 4.27. The lowest BCUT2D eigenvalue weighted by Gasteiger charge is -2.11. The third-order valence-corrected chi connectivity index (χ3v) is 2.20. The average Bonchev–Trinajstić information content (AvgIpc) is 2.09. The van der Waals surface area contributed by atoms with E-state index in [-0.39, 0.29) is 5.82 Å². The van der Waals surface area contributed by atoms with Crippen LogP contribution in [0.1, 0.15) is 11.6 Å². The zero-order valence-electron chi connectivity index (χ0n) is 7.26. The molecule has 0 saturated heterocycles. The van der Waals surface area contributed by atoms with Crippen molar-refractivity contribution in [2.24, 2.45) is 5.73 Å². The molecule has 0 aliphatic carbocycles. The monoisotopic (exact) mass is 247 g/mol. The van der Waals surface area contributed by atoms with Crippen LogP contribution in [0.4, 0.5) is 4.39 Å². The van der Waals surface area contributed by atoms with Crippen molar-refractivity contribution in [2.75, 3.05) is 13.7 Å². The van der Waals surface area contributed by atoms with E-state index in [1.807, 2.05) is 0 Å². The quantitative estimate of drug-likeness (QED) is 0.890. The number of rotatable bonds is 3. The lowest BCUT2D eigenvalue weighted by molar-refractivity contribution is 0.179. The van der Waals surface area contributed by atoms with Gasteiger partial charge in [0.25, 0.3) is 0 Å². The normalized spacial score (nSPS) is 12.9. The van der Waals surface area contributed by atoms with E-state index in [2.05, 4.69) is 15.9 Å². The summed E-state index contributed by atoms with van der Waals surface area (Å²) in [5.74, 6) is -0.298. The second-order valence-corrected chi connectivity index (χ2v) is 3.64. The maximum absolute atomic E-state index is 13.2. The van der Waals surface area contributed by atoms with Gasteiger partial charge in [0.15, 0.2) is 0 Å². The van der Waals surface area contributed by atoms with Crippen LogP contribution in [0.15, 0.2) is 22.7 Å². The summed E-state index contributed by atoms with van der Waals surface area (Å²) in [6.45, 7) is 0.313. The summed E-state index contributed by atoms with van der Waals surface area (Å²) in [5, 5.41) is 0. The predicted molar refractivity (Wildman–Crippen MR) is 52.9 cm³/mol. The Hall–Kier alpha value is -0.450. The van der Waals surface area contributed by atoms with Crippen molar-refractivity contribution in [3.8, 4) is 0 Å². The number of ether oxygens (including phenoxy) is 1. The lowest BCUT2D eigenvalue weighted by Crippen LogP contribution is -2.17. The first-order chi connectivity index (χ1) is 6.15. The zero-order valence-corrected chi connectivity index (χ0v) is 8.84. The SMILES string of the molecule is COC[C@@H](N)c1cc(Br)ccc1F. The first-order valence-corrected chi connectivity index (χ1v) is 4.64. The summed E-state index contributed by atoms with van der Waals surface area (Å²) in [4.78, 5) is 0.